The van der Waals surface area contributed by atoms with Crippen LogP contribution in [0.15, 0.2) is 18.2 Å². The molecular formula is C15H24N2O. The first-order chi connectivity index (χ1) is 8.69. The predicted octanol–water partition coefficient (Wildman–Crippen LogP) is 2.95. The number of ether oxygens (including phenoxy) is 1. The van der Waals surface area contributed by atoms with Gasteiger partial charge in [0.25, 0.3) is 0 Å². The lowest BCUT2D eigenvalue weighted by Gasteiger charge is -2.41. The quantitative estimate of drug-likeness (QED) is 0.761. The molecule has 0 unspecified atom stereocenters. The van der Waals surface area contributed by atoms with Crippen LogP contribution in [0.3, 0.4) is 0 Å². The van der Waals surface area contributed by atoms with Gasteiger partial charge in [-0.1, -0.05) is 13.3 Å². The number of benzene rings is 1. The molecule has 0 aromatic heterocycles. The fourth-order valence-corrected chi connectivity index (χ4v) is 2.66. The summed E-state index contributed by atoms with van der Waals surface area (Å²) in [5.41, 5.74) is 8.49. The van der Waals surface area contributed by atoms with Crippen molar-refractivity contribution < 1.29 is 4.74 Å². The summed E-state index contributed by atoms with van der Waals surface area (Å²) in [6, 6.07) is 5.83. The highest BCUT2D eigenvalue weighted by atomic mass is 16.5. The molecule has 1 fully saturated rings. The molecule has 2 rings (SSSR count). The van der Waals surface area contributed by atoms with Gasteiger partial charge in [0.2, 0.25) is 0 Å². The van der Waals surface area contributed by atoms with Gasteiger partial charge >= 0.3 is 0 Å². The molecule has 3 heteroatoms. The van der Waals surface area contributed by atoms with Gasteiger partial charge in [-0.2, -0.15) is 0 Å². The second kappa shape index (κ2) is 5.61. The fraction of sp³-hybridized carbons (Fsp3) is 0.600. The van der Waals surface area contributed by atoms with E-state index < -0.39 is 0 Å². The Morgan fingerprint density at radius 2 is 2.17 bits per heavy atom. The molecule has 1 aliphatic carbocycles. The van der Waals surface area contributed by atoms with Crippen molar-refractivity contribution in [3.05, 3.63) is 23.8 Å². The van der Waals surface area contributed by atoms with Crippen LogP contribution in [-0.2, 0) is 6.54 Å². The minimum atomic E-state index is 0.549. The van der Waals surface area contributed by atoms with Crippen LogP contribution >= 0.6 is 0 Å². The second-order valence-corrected chi connectivity index (χ2v) is 5.38. The molecule has 3 N–H and O–H groups in total. The van der Waals surface area contributed by atoms with Crippen LogP contribution in [0.25, 0.3) is 0 Å². The monoisotopic (exact) mass is 248 g/mol. The van der Waals surface area contributed by atoms with E-state index in [4.69, 9.17) is 10.5 Å². The largest absolute Gasteiger partial charge is 0.497 e. The Bertz CT molecular complexity index is 394. The third-order valence-corrected chi connectivity index (χ3v) is 4.33. The average molecular weight is 248 g/mol. The molecule has 1 aromatic carbocycles. The first-order valence-electron chi connectivity index (χ1n) is 6.82. The summed E-state index contributed by atoms with van der Waals surface area (Å²) in [7, 11) is 1.68. The van der Waals surface area contributed by atoms with Gasteiger partial charge in [-0.15, -0.1) is 0 Å². The fourth-order valence-electron chi connectivity index (χ4n) is 2.66. The van der Waals surface area contributed by atoms with Crippen LogP contribution in [0.2, 0.25) is 0 Å². The number of nitrogens with two attached hydrogens (primary N) is 1. The third kappa shape index (κ3) is 2.78. The summed E-state index contributed by atoms with van der Waals surface area (Å²) in [6.07, 6.45) is 5.39. The first-order valence-corrected chi connectivity index (χ1v) is 6.82. The Balaban J connectivity index is 1.89. The van der Waals surface area contributed by atoms with Crippen molar-refractivity contribution in [3.63, 3.8) is 0 Å². The molecule has 0 radical (unpaired) electrons. The normalized spacial score (nSPS) is 17.2. The zero-order valence-electron chi connectivity index (χ0n) is 11.5. The topological polar surface area (TPSA) is 47.3 Å². The predicted molar refractivity (Wildman–Crippen MR) is 75.7 cm³/mol. The van der Waals surface area contributed by atoms with E-state index >= 15 is 0 Å². The van der Waals surface area contributed by atoms with Crippen LogP contribution in [0.4, 0.5) is 5.69 Å². The van der Waals surface area contributed by atoms with E-state index in [0.29, 0.717) is 5.41 Å². The Morgan fingerprint density at radius 3 is 2.72 bits per heavy atom. The van der Waals surface area contributed by atoms with Crippen molar-refractivity contribution >= 4 is 5.69 Å². The smallest absolute Gasteiger partial charge is 0.119 e. The molecule has 0 atom stereocenters. The van der Waals surface area contributed by atoms with Crippen molar-refractivity contribution in [1.82, 2.24) is 5.32 Å². The average Bonchev–Trinajstić information content (AvgIpc) is 2.35. The molecule has 0 amide bonds. The lowest BCUT2D eigenvalue weighted by Crippen LogP contribution is -2.39. The van der Waals surface area contributed by atoms with E-state index in [0.717, 1.165) is 30.1 Å². The Labute approximate surface area is 110 Å². The molecular weight excluding hydrogens is 224 g/mol. The Kier molecular flexibility index (Phi) is 4.12. The van der Waals surface area contributed by atoms with Gasteiger partial charge in [0.1, 0.15) is 5.75 Å². The van der Waals surface area contributed by atoms with E-state index in [2.05, 4.69) is 12.2 Å². The summed E-state index contributed by atoms with van der Waals surface area (Å²) in [6.45, 7) is 4.21. The van der Waals surface area contributed by atoms with Crippen molar-refractivity contribution in [2.24, 2.45) is 5.41 Å². The number of nitrogens with one attached hydrogen (secondary N) is 1. The van der Waals surface area contributed by atoms with Crippen molar-refractivity contribution in [2.45, 2.75) is 39.2 Å². The summed E-state index contributed by atoms with van der Waals surface area (Å²) >= 11 is 0. The summed E-state index contributed by atoms with van der Waals surface area (Å²) in [5.74, 6) is 0.870. The van der Waals surface area contributed by atoms with Crippen molar-refractivity contribution in [1.29, 1.82) is 0 Å². The molecule has 100 valence electrons. The van der Waals surface area contributed by atoms with Gasteiger partial charge in [-0.25, -0.2) is 0 Å². The van der Waals surface area contributed by atoms with E-state index in [1.165, 1.54) is 25.7 Å². The summed E-state index contributed by atoms with van der Waals surface area (Å²) < 4.78 is 5.23. The standard InChI is InChI=1S/C15H24N2O/c1-3-15(7-4-8-15)11-17-10-12-9-13(18-2)5-6-14(12)16/h5-6,9,17H,3-4,7-8,10-11,16H2,1-2H3. The SMILES string of the molecule is CCC1(CNCc2cc(OC)ccc2N)CCC1. The maximum atomic E-state index is 5.98. The highest BCUT2D eigenvalue weighted by Gasteiger charge is 2.34. The first kappa shape index (κ1) is 13.2. The van der Waals surface area contributed by atoms with Crippen LogP contribution < -0.4 is 15.8 Å². The number of rotatable bonds is 6. The van der Waals surface area contributed by atoms with Gasteiger partial charge in [0.15, 0.2) is 0 Å². The number of methoxy groups -OCH3 is 1. The maximum absolute atomic E-state index is 5.98. The van der Waals surface area contributed by atoms with Crippen LogP contribution in [0, 0.1) is 5.41 Å². The molecule has 18 heavy (non-hydrogen) atoms. The molecule has 0 saturated heterocycles. The highest BCUT2D eigenvalue weighted by Crippen LogP contribution is 2.43. The lowest BCUT2D eigenvalue weighted by atomic mass is 9.67. The number of nitrogen functional groups attached to an aromatic ring is 1. The zero-order chi connectivity index (χ0) is 13.0. The number of anilines is 1. The molecule has 0 aliphatic heterocycles. The van der Waals surface area contributed by atoms with E-state index in [1.54, 1.807) is 7.11 Å². The zero-order valence-corrected chi connectivity index (χ0v) is 11.5. The van der Waals surface area contributed by atoms with Gasteiger partial charge in [0, 0.05) is 18.8 Å². The molecule has 0 heterocycles. The van der Waals surface area contributed by atoms with Crippen molar-refractivity contribution in [3.8, 4) is 5.75 Å². The summed E-state index contributed by atoms with van der Waals surface area (Å²) in [4.78, 5) is 0. The minimum absolute atomic E-state index is 0.549. The van der Waals surface area contributed by atoms with Gasteiger partial charge in [0.05, 0.1) is 7.11 Å². The molecule has 1 saturated carbocycles. The maximum Gasteiger partial charge on any atom is 0.119 e. The van der Waals surface area contributed by atoms with Crippen molar-refractivity contribution in [2.75, 3.05) is 19.4 Å². The van der Waals surface area contributed by atoms with E-state index in [9.17, 15) is 0 Å². The van der Waals surface area contributed by atoms with Gasteiger partial charge in [-0.3, -0.25) is 0 Å². The Hall–Kier alpha value is -1.22. The van der Waals surface area contributed by atoms with Crippen LogP contribution in [0.1, 0.15) is 38.2 Å². The minimum Gasteiger partial charge on any atom is -0.497 e. The molecule has 0 spiro atoms. The molecule has 1 aromatic rings. The number of hydrogen-bond acceptors (Lipinski definition) is 3. The van der Waals surface area contributed by atoms with E-state index in [-0.39, 0.29) is 0 Å². The summed E-state index contributed by atoms with van der Waals surface area (Å²) in [5, 5.41) is 3.55. The van der Waals surface area contributed by atoms with Crippen LogP contribution in [0.5, 0.6) is 5.75 Å². The molecule has 0 bridgehead atoms. The molecule has 3 nitrogen and oxygen atoms in total. The van der Waals surface area contributed by atoms with Crippen LogP contribution in [-0.4, -0.2) is 13.7 Å². The lowest BCUT2D eigenvalue weighted by molar-refractivity contribution is 0.124. The van der Waals surface area contributed by atoms with Gasteiger partial charge in [-0.05, 0) is 48.4 Å². The third-order valence-electron chi connectivity index (χ3n) is 4.33. The second-order valence-electron chi connectivity index (χ2n) is 5.38. The highest BCUT2D eigenvalue weighted by molar-refractivity contribution is 5.50. The number of hydrogen-bond donors (Lipinski definition) is 2. The molecule has 1 aliphatic rings. The van der Waals surface area contributed by atoms with E-state index in [1.807, 2.05) is 18.2 Å². The Morgan fingerprint density at radius 1 is 1.39 bits per heavy atom. The van der Waals surface area contributed by atoms with Gasteiger partial charge < -0.3 is 15.8 Å².